The van der Waals surface area contributed by atoms with Gasteiger partial charge in [-0.15, -0.1) is 0 Å². The standard InChI is InChI=1S/C13H21ClN6/c1-19(10-4-5-10)9-6-15-12-16-11(14)17-13(18-12)20-7-2-3-8-20/h10H,2-9H2,1H3,(H,15,16,17,18). The van der Waals surface area contributed by atoms with Crippen LogP contribution in [0.3, 0.4) is 0 Å². The number of nitrogens with one attached hydrogen (secondary N) is 1. The molecule has 1 N–H and O–H groups in total. The SMILES string of the molecule is CN(CCNc1nc(Cl)nc(N2CCCC2)n1)C1CC1. The summed E-state index contributed by atoms with van der Waals surface area (Å²) in [6.07, 6.45) is 5.04. The minimum Gasteiger partial charge on any atom is -0.353 e. The number of nitrogens with zero attached hydrogens (tertiary/aromatic N) is 5. The van der Waals surface area contributed by atoms with Crippen molar-refractivity contribution in [1.29, 1.82) is 0 Å². The molecule has 1 saturated heterocycles. The van der Waals surface area contributed by atoms with Gasteiger partial charge in [0.05, 0.1) is 0 Å². The van der Waals surface area contributed by atoms with Gasteiger partial charge in [-0.05, 0) is 44.3 Å². The molecule has 0 bridgehead atoms. The predicted octanol–water partition coefficient (Wildman–Crippen LogP) is 1.63. The minimum atomic E-state index is 0.264. The average Bonchev–Trinajstić information content (AvgIpc) is 3.13. The van der Waals surface area contributed by atoms with Gasteiger partial charge in [0.2, 0.25) is 17.2 Å². The Balaban J connectivity index is 1.57. The molecule has 1 aliphatic heterocycles. The summed E-state index contributed by atoms with van der Waals surface area (Å²) in [7, 11) is 2.16. The van der Waals surface area contributed by atoms with Crippen LogP contribution in [0, 0.1) is 0 Å². The fraction of sp³-hybridized carbons (Fsp3) is 0.769. The Morgan fingerprint density at radius 3 is 2.70 bits per heavy atom. The molecule has 0 atom stereocenters. The lowest BCUT2D eigenvalue weighted by Gasteiger charge is -2.17. The first-order chi connectivity index (χ1) is 9.72. The number of anilines is 2. The Bertz CT molecular complexity index is 458. The molecule has 7 heteroatoms. The fourth-order valence-corrected chi connectivity index (χ4v) is 2.67. The van der Waals surface area contributed by atoms with E-state index in [0.29, 0.717) is 11.9 Å². The molecule has 0 spiro atoms. The maximum absolute atomic E-state index is 5.99. The normalized spacial score (nSPS) is 18.9. The highest BCUT2D eigenvalue weighted by atomic mass is 35.5. The molecule has 1 saturated carbocycles. The third-order valence-electron chi connectivity index (χ3n) is 3.90. The topological polar surface area (TPSA) is 57.2 Å². The van der Waals surface area contributed by atoms with E-state index in [4.69, 9.17) is 11.6 Å². The molecule has 110 valence electrons. The van der Waals surface area contributed by atoms with Gasteiger partial charge < -0.3 is 15.1 Å². The van der Waals surface area contributed by atoms with E-state index in [0.717, 1.165) is 32.2 Å². The molecule has 0 aromatic carbocycles. The molecule has 2 heterocycles. The van der Waals surface area contributed by atoms with E-state index in [1.54, 1.807) is 0 Å². The Morgan fingerprint density at radius 2 is 2.00 bits per heavy atom. The fourth-order valence-electron chi connectivity index (χ4n) is 2.52. The predicted molar refractivity (Wildman–Crippen MR) is 80.4 cm³/mol. The number of aromatic nitrogens is 3. The smallest absolute Gasteiger partial charge is 0.231 e. The lowest BCUT2D eigenvalue weighted by Crippen LogP contribution is -2.28. The number of likely N-dealkylation sites (N-methyl/N-ethyl adjacent to an activating group) is 1. The summed E-state index contributed by atoms with van der Waals surface area (Å²) in [4.78, 5) is 17.4. The summed E-state index contributed by atoms with van der Waals surface area (Å²) in [5.74, 6) is 1.27. The van der Waals surface area contributed by atoms with Crippen LogP contribution >= 0.6 is 11.6 Å². The highest BCUT2D eigenvalue weighted by Crippen LogP contribution is 2.24. The first-order valence-electron chi connectivity index (χ1n) is 7.33. The second-order valence-corrected chi connectivity index (χ2v) is 5.90. The van der Waals surface area contributed by atoms with Gasteiger partial charge >= 0.3 is 0 Å². The zero-order valence-corrected chi connectivity index (χ0v) is 12.6. The highest BCUT2D eigenvalue weighted by molar-refractivity contribution is 6.28. The zero-order valence-electron chi connectivity index (χ0n) is 11.8. The van der Waals surface area contributed by atoms with Gasteiger partial charge in [0, 0.05) is 32.2 Å². The molecule has 2 fully saturated rings. The van der Waals surface area contributed by atoms with Crippen molar-refractivity contribution < 1.29 is 0 Å². The monoisotopic (exact) mass is 296 g/mol. The Labute approximate surface area is 124 Å². The second-order valence-electron chi connectivity index (χ2n) is 5.56. The quantitative estimate of drug-likeness (QED) is 0.861. The molecule has 0 unspecified atom stereocenters. The molecule has 1 aromatic rings. The third kappa shape index (κ3) is 3.49. The molecule has 3 rings (SSSR count). The van der Waals surface area contributed by atoms with Gasteiger partial charge in [-0.25, -0.2) is 0 Å². The molecule has 1 aliphatic carbocycles. The van der Waals surface area contributed by atoms with Gasteiger partial charge in [0.25, 0.3) is 0 Å². The van der Waals surface area contributed by atoms with Crippen molar-refractivity contribution in [3.8, 4) is 0 Å². The Morgan fingerprint density at radius 1 is 1.25 bits per heavy atom. The minimum absolute atomic E-state index is 0.264. The Kier molecular flexibility index (Phi) is 4.21. The zero-order chi connectivity index (χ0) is 13.9. The van der Waals surface area contributed by atoms with E-state index in [9.17, 15) is 0 Å². The maximum Gasteiger partial charge on any atom is 0.231 e. The van der Waals surface area contributed by atoms with Gasteiger partial charge in [-0.2, -0.15) is 15.0 Å². The molecular formula is C13H21ClN6. The lowest BCUT2D eigenvalue weighted by atomic mass is 10.4. The van der Waals surface area contributed by atoms with Crippen molar-refractivity contribution in [1.82, 2.24) is 19.9 Å². The van der Waals surface area contributed by atoms with E-state index >= 15 is 0 Å². The number of rotatable bonds is 6. The summed E-state index contributed by atoms with van der Waals surface area (Å²) < 4.78 is 0. The summed E-state index contributed by atoms with van der Waals surface area (Å²) in [5.41, 5.74) is 0. The van der Waals surface area contributed by atoms with Crippen molar-refractivity contribution in [3.63, 3.8) is 0 Å². The summed E-state index contributed by atoms with van der Waals surface area (Å²) in [6, 6.07) is 0.777. The maximum atomic E-state index is 5.99. The van der Waals surface area contributed by atoms with Crippen LogP contribution in [-0.4, -0.2) is 59.1 Å². The number of hydrogen-bond acceptors (Lipinski definition) is 6. The van der Waals surface area contributed by atoms with Crippen LogP contribution in [0.4, 0.5) is 11.9 Å². The van der Waals surface area contributed by atoms with Crippen molar-refractivity contribution in [2.75, 3.05) is 43.4 Å². The number of halogens is 1. The molecular weight excluding hydrogens is 276 g/mol. The van der Waals surface area contributed by atoms with Crippen LogP contribution in [0.2, 0.25) is 5.28 Å². The van der Waals surface area contributed by atoms with E-state index < -0.39 is 0 Å². The van der Waals surface area contributed by atoms with Gasteiger partial charge in [-0.1, -0.05) is 0 Å². The highest BCUT2D eigenvalue weighted by Gasteiger charge is 2.25. The lowest BCUT2D eigenvalue weighted by molar-refractivity contribution is 0.337. The van der Waals surface area contributed by atoms with Crippen LogP contribution in [0.5, 0.6) is 0 Å². The molecule has 0 amide bonds. The first-order valence-corrected chi connectivity index (χ1v) is 7.71. The third-order valence-corrected chi connectivity index (χ3v) is 4.07. The van der Waals surface area contributed by atoms with Crippen LogP contribution in [0.15, 0.2) is 0 Å². The largest absolute Gasteiger partial charge is 0.353 e. The second kappa shape index (κ2) is 6.10. The van der Waals surface area contributed by atoms with Crippen LogP contribution in [-0.2, 0) is 0 Å². The molecule has 20 heavy (non-hydrogen) atoms. The van der Waals surface area contributed by atoms with E-state index in [2.05, 4.69) is 37.1 Å². The van der Waals surface area contributed by atoms with Crippen molar-refractivity contribution in [2.45, 2.75) is 31.7 Å². The van der Waals surface area contributed by atoms with Crippen LogP contribution in [0.25, 0.3) is 0 Å². The van der Waals surface area contributed by atoms with E-state index in [1.165, 1.54) is 25.7 Å². The number of hydrogen-bond donors (Lipinski definition) is 1. The summed E-state index contributed by atoms with van der Waals surface area (Å²) in [5, 5.41) is 3.51. The van der Waals surface area contributed by atoms with E-state index in [-0.39, 0.29) is 5.28 Å². The van der Waals surface area contributed by atoms with Gasteiger partial charge in [0.15, 0.2) is 0 Å². The summed E-state index contributed by atoms with van der Waals surface area (Å²) >= 11 is 5.99. The first kappa shape index (κ1) is 13.8. The average molecular weight is 297 g/mol. The van der Waals surface area contributed by atoms with Crippen LogP contribution in [0.1, 0.15) is 25.7 Å². The van der Waals surface area contributed by atoms with Crippen molar-refractivity contribution >= 4 is 23.5 Å². The van der Waals surface area contributed by atoms with Gasteiger partial charge in [0.1, 0.15) is 0 Å². The van der Waals surface area contributed by atoms with E-state index in [1.807, 2.05) is 0 Å². The molecule has 0 radical (unpaired) electrons. The molecule has 2 aliphatic rings. The molecule has 1 aromatic heterocycles. The van der Waals surface area contributed by atoms with Crippen molar-refractivity contribution in [3.05, 3.63) is 5.28 Å². The summed E-state index contributed by atoms with van der Waals surface area (Å²) in [6.45, 7) is 3.83. The van der Waals surface area contributed by atoms with Crippen LogP contribution < -0.4 is 10.2 Å². The van der Waals surface area contributed by atoms with Crippen molar-refractivity contribution in [2.24, 2.45) is 0 Å². The molecule has 6 nitrogen and oxygen atoms in total. The van der Waals surface area contributed by atoms with Gasteiger partial charge in [-0.3, -0.25) is 0 Å². The Hall–Kier alpha value is -1.14.